The molecule has 0 bridgehead atoms. The van der Waals surface area contributed by atoms with Crippen LogP contribution in [0.15, 0.2) is 30.6 Å². The first-order chi connectivity index (χ1) is 14.7. The molecule has 0 aliphatic rings. The number of ether oxygens (including phenoxy) is 1. The summed E-state index contributed by atoms with van der Waals surface area (Å²) in [4.78, 5) is 31.3. The first-order valence-corrected chi connectivity index (χ1v) is 9.42. The van der Waals surface area contributed by atoms with Crippen molar-refractivity contribution in [2.75, 3.05) is 24.4 Å². The van der Waals surface area contributed by atoms with Crippen LogP contribution in [-0.2, 0) is 15.7 Å². The maximum absolute atomic E-state index is 13.2. The van der Waals surface area contributed by atoms with Crippen LogP contribution in [0.3, 0.4) is 0 Å². The molecule has 0 aliphatic carbocycles. The summed E-state index contributed by atoms with van der Waals surface area (Å²) in [7, 11) is 1.53. The molecule has 1 amide bonds. The molecule has 1 aromatic carbocycles. The number of rotatable bonds is 8. The van der Waals surface area contributed by atoms with Crippen molar-refractivity contribution >= 4 is 46.2 Å². The number of nitrogens with zero attached hydrogens (tertiary/aromatic N) is 1. The van der Waals surface area contributed by atoms with E-state index in [1.807, 2.05) is 6.92 Å². The highest BCUT2D eigenvalue weighted by atomic mass is 35.5. The number of carbonyl (C=O) groups excluding carboxylic acids is 2. The lowest BCUT2D eigenvalue weighted by molar-refractivity contribution is -0.137. The zero-order valence-electron chi connectivity index (χ0n) is 16.4. The Morgan fingerprint density at radius 2 is 2.10 bits per heavy atom. The predicted octanol–water partition coefficient (Wildman–Crippen LogP) is 4.48. The molecule has 3 N–H and O–H groups in total. The van der Waals surface area contributed by atoms with E-state index >= 15 is 0 Å². The number of amides is 1. The highest BCUT2D eigenvalue weighted by molar-refractivity contribution is 6.36. The number of carbonyl (C=O) groups is 2. The van der Waals surface area contributed by atoms with E-state index in [1.54, 1.807) is 0 Å². The third-order valence-electron chi connectivity index (χ3n) is 4.51. The molecule has 0 radical (unpaired) electrons. The van der Waals surface area contributed by atoms with E-state index in [0.29, 0.717) is 41.5 Å². The lowest BCUT2D eigenvalue weighted by atomic mass is 10.0. The van der Waals surface area contributed by atoms with Gasteiger partial charge in [-0.25, -0.2) is 4.98 Å². The molecule has 2 aromatic heterocycles. The van der Waals surface area contributed by atoms with E-state index in [4.69, 9.17) is 16.3 Å². The molecular formula is C20H18ClF3N4O3. The quantitative estimate of drug-likeness (QED) is 0.344. The first kappa shape index (κ1) is 22.6. The Balaban J connectivity index is 2.13. The van der Waals surface area contributed by atoms with Gasteiger partial charge in [0.05, 0.1) is 45.7 Å². The number of hydrogen-bond acceptors (Lipinski definition) is 5. The van der Waals surface area contributed by atoms with Gasteiger partial charge in [0, 0.05) is 24.9 Å². The minimum Gasteiger partial charge on any atom is -0.383 e. The molecule has 0 saturated carbocycles. The largest absolute Gasteiger partial charge is 0.416 e. The van der Waals surface area contributed by atoms with E-state index < -0.39 is 17.5 Å². The van der Waals surface area contributed by atoms with Gasteiger partial charge < -0.3 is 20.4 Å². The number of aromatic nitrogens is 2. The number of hydrogen-bond donors (Lipinski definition) is 3. The number of ketones is 1. The number of pyridine rings is 1. The average molecular weight is 455 g/mol. The summed E-state index contributed by atoms with van der Waals surface area (Å²) in [5.41, 5.74) is 0.149. The molecular weight excluding hydrogens is 437 g/mol. The second kappa shape index (κ2) is 8.94. The Kier molecular flexibility index (Phi) is 6.51. The van der Waals surface area contributed by atoms with Gasteiger partial charge in [-0.3, -0.25) is 9.59 Å². The number of anilines is 2. The van der Waals surface area contributed by atoms with Gasteiger partial charge in [-0.05, 0) is 25.1 Å². The zero-order valence-corrected chi connectivity index (χ0v) is 17.2. The van der Waals surface area contributed by atoms with Crippen molar-refractivity contribution in [1.82, 2.24) is 9.97 Å². The summed E-state index contributed by atoms with van der Waals surface area (Å²) in [6.45, 7) is 2.17. The van der Waals surface area contributed by atoms with Crippen LogP contribution in [0.25, 0.3) is 11.0 Å². The van der Waals surface area contributed by atoms with Crippen LogP contribution < -0.4 is 10.6 Å². The molecule has 2 heterocycles. The Morgan fingerprint density at radius 1 is 1.35 bits per heavy atom. The fourth-order valence-electron chi connectivity index (χ4n) is 3.16. The van der Waals surface area contributed by atoms with Gasteiger partial charge >= 0.3 is 6.18 Å². The summed E-state index contributed by atoms with van der Waals surface area (Å²) in [6, 6.07) is 2.34. The Labute approximate surface area is 179 Å². The molecule has 0 spiro atoms. The van der Waals surface area contributed by atoms with E-state index in [2.05, 4.69) is 20.6 Å². The molecule has 3 rings (SSSR count). The van der Waals surface area contributed by atoms with Crippen molar-refractivity contribution in [2.45, 2.75) is 19.1 Å². The molecule has 3 aromatic rings. The standard InChI is InChI=1S/C20H18ClF3N4O3/c1-10(8-31-2)28-17-15(27-9-29)7-26-19-16(17)13(6-25-19)18(30)12-4-3-11(5-14(12)21)20(22,23)24/h3-7,9-10H,8H2,1-2H3,(H,27,29)(H2,25,26,28). The molecule has 1 atom stereocenters. The Hall–Kier alpha value is -3.11. The van der Waals surface area contributed by atoms with E-state index in [0.717, 1.165) is 12.1 Å². The zero-order chi connectivity index (χ0) is 22.8. The van der Waals surface area contributed by atoms with E-state index in [9.17, 15) is 22.8 Å². The second-order valence-electron chi connectivity index (χ2n) is 6.76. The van der Waals surface area contributed by atoms with Crippen molar-refractivity contribution in [1.29, 1.82) is 0 Å². The highest BCUT2D eigenvalue weighted by Gasteiger charge is 2.32. The van der Waals surface area contributed by atoms with Gasteiger partial charge in [-0.2, -0.15) is 13.2 Å². The van der Waals surface area contributed by atoms with Gasteiger partial charge in [-0.1, -0.05) is 11.6 Å². The number of aromatic amines is 1. The molecule has 11 heteroatoms. The average Bonchev–Trinajstić information content (AvgIpc) is 3.13. The summed E-state index contributed by atoms with van der Waals surface area (Å²) >= 11 is 6.01. The molecule has 0 aliphatic heterocycles. The summed E-state index contributed by atoms with van der Waals surface area (Å²) in [5.74, 6) is -0.600. The topological polar surface area (TPSA) is 96.1 Å². The van der Waals surface area contributed by atoms with Crippen molar-refractivity contribution < 1.29 is 27.5 Å². The normalized spacial score (nSPS) is 12.6. The van der Waals surface area contributed by atoms with Crippen LogP contribution >= 0.6 is 11.6 Å². The minimum absolute atomic E-state index is 0.0970. The van der Waals surface area contributed by atoms with Crippen molar-refractivity contribution in [3.8, 4) is 0 Å². The van der Waals surface area contributed by atoms with Crippen LogP contribution in [0.5, 0.6) is 0 Å². The predicted molar refractivity (Wildman–Crippen MR) is 111 cm³/mol. The molecule has 31 heavy (non-hydrogen) atoms. The minimum atomic E-state index is -4.58. The third kappa shape index (κ3) is 4.64. The van der Waals surface area contributed by atoms with Gasteiger partial charge in [0.15, 0.2) is 5.78 Å². The third-order valence-corrected chi connectivity index (χ3v) is 4.82. The number of nitrogens with one attached hydrogen (secondary N) is 3. The van der Waals surface area contributed by atoms with Crippen LogP contribution in [0, 0.1) is 0 Å². The lowest BCUT2D eigenvalue weighted by Crippen LogP contribution is -2.22. The molecule has 0 saturated heterocycles. The van der Waals surface area contributed by atoms with Crippen molar-refractivity contribution in [2.24, 2.45) is 0 Å². The summed E-state index contributed by atoms with van der Waals surface area (Å²) in [6.07, 6.45) is -1.31. The summed E-state index contributed by atoms with van der Waals surface area (Å²) < 4.78 is 43.9. The fraction of sp³-hybridized carbons (Fsp3) is 0.250. The van der Waals surface area contributed by atoms with Gasteiger partial charge in [-0.15, -0.1) is 0 Å². The monoisotopic (exact) mass is 454 g/mol. The number of methoxy groups -OCH3 is 1. The van der Waals surface area contributed by atoms with Gasteiger partial charge in [0.25, 0.3) is 0 Å². The maximum Gasteiger partial charge on any atom is 0.416 e. The number of alkyl halides is 3. The maximum atomic E-state index is 13.2. The highest BCUT2D eigenvalue weighted by Crippen LogP contribution is 2.36. The number of H-pyrrole nitrogens is 1. The lowest BCUT2D eigenvalue weighted by Gasteiger charge is -2.18. The number of benzene rings is 1. The fourth-order valence-corrected chi connectivity index (χ4v) is 3.42. The van der Waals surface area contributed by atoms with Crippen LogP contribution in [0.2, 0.25) is 5.02 Å². The SMILES string of the molecule is COCC(C)Nc1c(NC=O)cnc2[nH]cc(C(=O)c3ccc(C(F)(F)F)cc3Cl)c12. The Bertz CT molecular complexity index is 1130. The summed E-state index contributed by atoms with van der Waals surface area (Å²) in [5, 5.41) is 5.73. The van der Waals surface area contributed by atoms with Crippen molar-refractivity contribution in [3.63, 3.8) is 0 Å². The second-order valence-corrected chi connectivity index (χ2v) is 7.16. The number of halogens is 4. The van der Waals surface area contributed by atoms with Gasteiger partial charge in [0.1, 0.15) is 5.65 Å². The molecule has 164 valence electrons. The van der Waals surface area contributed by atoms with E-state index in [-0.39, 0.29) is 22.2 Å². The van der Waals surface area contributed by atoms with Crippen LogP contribution in [0.4, 0.5) is 24.5 Å². The first-order valence-electron chi connectivity index (χ1n) is 9.04. The molecule has 0 fully saturated rings. The van der Waals surface area contributed by atoms with Gasteiger partial charge in [0.2, 0.25) is 6.41 Å². The number of fused-ring (bicyclic) bond motifs is 1. The molecule has 1 unspecified atom stereocenters. The van der Waals surface area contributed by atoms with Crippen LogP contribution in [0.1, 0.15) is 28.4 Å². The van der Waals surface area contributed by atoms with Crippen molar-refractivity contribution in [3.05, 3.63) is 52.3 Å². The Morgan fingerprint density at radius 3 is 2.71 bits per heavy atom. The molecule has 7 nitrogen and oxygen atoms in total. The van der Waals surface area contributed by atoms with E-state index in [1.165, 1.54) is 19.5 Å². The van der Waals surface area contributed by atoms with Crippen LogP contribution in [-0.4, -0.2) is 41.9 Å². The smallest absolute Gasteiger partial charge is 0.383 e.